The van der Waals surface area contributed by atoms with E-state index in [1.165, 1.54) is 11.1 Å². The summed E-state index contributed by atoms with van der Waals surface area (Å²) in [6, 6.07) is 9.48. The van der Waals surface area contributed by atoms with E-state index in [1.807, 2.05) is 0 Å². The van der Waals surface area contributed by atoms with E-state index in [9.17, 15) is 0 Å². The van der Waals surface area contributed by atoms with Crippen LogP contribution in [0.15, 0.2) is 24.3 Å². The molecule has 1 fully saturated rings. The summed E-state index contributed by atoms with van der Waals surface area (Å²) in [4.78, 5) is 0. The van der Waals surface area contributed by atoms with Crippen molar-refractivity contribution in [2.75, 3.05) is 6.54 Å². The van der Waals surface area contributed by atoms with Crippen molar-refractivity contribution in [3.05, 3.63) is 35.4 Å². The molecule has 20 heavy (non-hydrogen) atoms. The van der Waals surface area contributed by atoms with Crippen LogP contribution in [0.5, 0.6) is 0 Å². The molecule has 0 radical (unpaired) electrons. The highest BCUT2D eigenvalue weighted by Gasteiger charge is 2.41. The smallest absolute Gasteiger partial charge is 0.0600 e. The molecule has 5 unspecified atom stereocenters. The number of hydrogen-bond donors (Lipinski definition) is 1. The van der Waals surface area contributed by atoms with Gasteiger partial charge in [-0.05, 0) is 43.9 Å². The average molecular weight is 275 g/mol. The van der Waals surface area contributed by atoms with Gasteiger partial charge in [-0.2, -0.15) is 0 Å². The molecule has 0 amide bonds. The monoisotopic (exact) mass is 275 g/mol. The molecular weight excluding hydrogens is 246 g/mol. The van der Waals surface area contributed by atoms with Gasteiger partial charge in [-0.1, -0.05) is 45.0 Å². The fourth-order valence-corrected chi connectivity index (χ4v) is 3.52. The Kier molecular flexibility index (Phi) is 5.22. The highest BCUT2D eigenvalue weighted by molar-refractivity contribution is 5.26. The van der Waals surface area contributed by atoms with Crippen LogP contribution in [0.2, 0.25) is 0 Å². The Morgan fingerprint density at radius 2 is 1.70 bits per heavy atom. The van der Waals surface area contributed by atoms with E-state index >= 15 is 0 Å². The van der Waals surface area contributed by atoms with Gasteiger partial charge in [0.25, 0.3) is 0 Å². The van der Waals surface area contributed by atoms with Crippen LogP contribution in [-0.2, 0) is 11.2 Å². The van der Waals surface area contributed by atoms with Crippen molar-refractivity contribution in [1.29, 1.82) is 0 Å². The third-order valence-electron chi connectivity index (χ3n) is 4.87. The van der Waals surface area contributed by atoms with Gasteiger partial charge in [0.1, 0.15) is 0 Å². The first kappa shape index (κ1) is 15.5. The van der Waals surface area contributed by atoms with E-state index in [-0.39, 0.29) is 0 Å². The van der Waals surface area contributed by atoms with Gasteiger partial charge < -0.3 is 10.1 Å². The first-order valence-corrected chi connectivity index (χ1v) is 8.06. The van der Waals surface area contributed by atoms with Gasteiger partial charge in [-0.3, -0.25) is 0 Å². The van der Waals surface area contributed by atoms with Crippen LogP contribution in [0.1, 0.15) is 51.8 Å². The minimum atomic E-state index is 0.315. The molecule has 0 saturated carbocycles. The zero-order valence-corrected chi connectivity index (χ0v) is 13.5. The van der Waals surface area contributed by atoms with E-state index in [4.69, 9.17) is 4.74 Å². The number of hydrogen-bond acceptors (Lipinski definition) is 2. The molecule has 0 aliphatic carbocycles. The van der Waals surface area contributed by atoms with E-state index in [0.717, 1.165) is 13.0 Å². The molecule has 2 heteroatoms. The molecular formula is C18H29NO. The Hall–Kier alpha value is -0.860. The van der Waals surface area contributed by atoms with Crippen molar-refractivity contribution in [2.24, 2.45) is 11.8 Å². The van der Waals surface area contributed by atoms with Crippen LogP contribution in [0.25, 0.3) is 0 Å². The van der Waals surface area contributed by atoms with Crippen LogP contribution in [0, 0.1) is 11.8 Å². The number of aryl methyl sites for hydroxylation is 1. The maximum absolute atomic E-state index is 6.04. The summed E-state index contributed by atoms with van der Waals surface area (Å²) in [5.74, 6) is 1.12. The quantitative estimate of drug-likeness (QED) is 0.878. The summed E-state index contributed by atoms with van der Waals surface area (Å²) in [7, 11) is 0. The fraction of sp³-hybridized carbons (Fsp3) is 0.667. The molecule has 5 atom stereocenters. The summed E-state index contributed by atoms with van der Waals surface area (Å²) < 4.78 is 6.04. The molecule has 0 bridgehead atoms. The van der Waals surface area contributed by atoms with E-state index in [1.54, 1.807) is 0 Å². The third kappa shape index (κ3) is 3.07. The Morgan fingerprint density at radius 3 is 2.15 bits per heavy atom. The molecule has 1 aliphatic heterocycles. The largest absolute Gasteiger partial charge is 0.375 e. The summed E-state index contributed by atoms with van der Waals surface area (Å²) in [6.07, 6.45) is 1.77. The zero-order chi connectivity index (χ0) is 14.7. The molecule has 112 valence electrons. The Labute approximate surface area is 123 Å². The molecule has 2 rings (SSSR count). The number of rotatable bonds is 5. The highest BCUT2D eigenvalue weighted by atomic mass is 16.5. The van der Waals surface area contributed by atoms with Crippen LogP contribution in [0.3, 0.4) is 0 Å². The molecule has 1 heterocycles. The average Bonchev–Trinajstić information content (AvgIpc) is 2.70. The fourth-order valence-electron chi connectivity index (χ4n) is 3.52. The molecule has 0 spiro atoms. The first-order valence-electron chi connectivity index (χ1n) is 8.06. The highest BCUT2D eigenvalue weighted by Crippen LogP contribution is 2.40. The van der Waals surface area contributed by atoms with Crippen molar-refractivity contribution in [3.8, 4) is 0 Å². The summed E-state index contributed by atoms with van der Waals surface area (Å²) in [5, 5.41) is 3.68. The van der Waals surface area contributed by atoms with Gasteiger partial charge in [0, 0.05) is 12.0 Å². The Balaban J connectivity index is 2.25. The van der Waals surface area contributed by atoms with Crippen molar-refractivity contribution >= 4 is 0 Å². The SMILES string of the molecule is CCNC(c1ccc(CC)cc1)C1C(C)OC(C)C1C. The predicted octanol–water partition coefficient (Wildman–Crippen LogP) is 3.96. The summed E-state index contributed by atoms with van der Waals surface area (Å²) in [6.45, 7) is 12.1. The molecule has 1 saturated heterocycles. The lowest BCUT2D eigenvalue weighted by Gasteiger charge is -2.30. The van der Waals surface area contributed by atoms with Crippen molar-refractivity contribution in [1.82, 2.24) is 5.32 Å². The normalized spacial score (nSPS) is 31.4. The molecule has 1 aromatic carbocycles. The Morgan fingerprint density at radius 1 is 1.05 bits per heavy atom. The molecule has 2 nitrogen and oxygen atoms in total. The van der Waals surface area contributed by atoms with Gasteiger partial charge >= 0.3 is 0 Å². The van der Waals surface area contributed by atoms with Gasteiger partial charge in [0.2, 0.25) is 0 Å². The van der Waals surface area contributed by atoms with Crippen LogP contribution in [-0.4, -0.2) is 18.8 Å². The molecule has 0 aromatic heterocycles. The van der Waals surface area contributed by atoms with E-state index in [0.29, 0.717) is 30.1 Å². The standard InChI is InChI=1S/C18H29NO/c1-6-15-8-10-16(11-9-15)18(19-7-2)17-12(3)13(4)20-14(17)5/h8-14,17-19H,6-7H2,1-5H3. The van der Waals surface area contributed by atoms with Crippen molar-refractivity contribution in [2.45, 2.75) is 59.3 Å². The van der Waals surface area contributed by atoms with Crippen LogP contribution < -0.4 is 5.32 Å². The number of ether oxygens (including phenoxy) is 1. The maximum Gasteiger partial charge on any atom is 0.0600 e. The second-order valence-electron chi connectivity index (χ2n) is 6.11. The molecule has 1 N–H and O–H groups in total. The first-order chi connectivity index (χ1) is 9.58. The number of nitrogens with one attached hydrogen (secondary N) is 1. The van der Waals surface area contributed by atoms with Gasteiger partial charge in [0.05, 0.1) is 12.2 Å². The third-order valence-corrected chi connectivity index (χ3v) is 4.87. The lowest BCUT2D eigenvalue weighted by Crippen LogP contribution is -2.34. The van der Waals surface area contributed by atoms with Gasteiger partial charge in [0.15, 0.2) is 0 Å². The lowest BCUT2D eigenvalue weighted by atomic mass is 9.80. The topological polar surface area (TPSA) is 21.3 Å². The second-order valence-corrected chi connectivity index (χ2v) is 6.11. The maximum atomic E-state index is 6.04. The van der Waals surface area contributed by atoms with E-state index < -0.39 is 0 Å². The second kappa shape index (κ2) is 6.73. The Bertz CT molecular complexity index is 414. The van der Waals surface area contributed by atoms with Gasteiger partial charge in [-0.15, -0.1) is 0 Å². The predicted molar refractivity (Wildman–Crippen MR) is 84.9 cm³/mol. The van der Waals surface area contributed by atoms with Crippen LogP contribution >= 0.6 is 0 Å². The van der Waals surface area contributed by atoms with Crippen molar-refractivity contribution < 1.29 is 4.74 Å². The van der Waals surface area contributed by atoms with E-state index in [2.05, 4.69) is 64.2 Å². The van der Waals surface area contributed by atoms with Gasteiger partial charge in [-0.25, -0.2) is 0 Å². The summed E-state index contributed by atoms with van der Waals surface area (Å²) >= 11 is 0. The minimum Gasteiger partial charge on any atom is -0.375 e. The number of benzene rings is 1. The zero-order valence-electron chi connectivity index (χ0n) is 13.5. The molecule has 1 aliphatic rings. The van der Waals surface area contributed by atoms with Crippen LogP contribution in [0.4, 0.5) is 0 Å². The minimum absolute atomic E-state index is 0.315. The molecule has 1 aromatic rings. The van der Waals surface area contributed by atoms with Crippen molar-refractivity contribution in [3.63, 3.8) is 0 Å². The summed E-state index contributed by atoms with van der Waals surface area (Å²) in [5.41, 5.74) is 2.80. The lowest BCUT2D eigenvalue weighted by molar-refractivity contribution is 0.0475.